The Morgan fingerprint density at radius 1 is 1.33 bits per heavy atom. The molecule has 0 unspecified atom stereocenters. The van der Waals surface area contributed by atoms with E-state index in [1.165, 1.54) is 12.1 Å². The SMILES string of the molecule is O=C(NCCCC(F)(F)F)c1ccc(Br)c(F)c1. The minimum atomic E-state index is -4.23. The molecule has 0 aromatic heterocycles. The maximum absolute atomic E-state index is 13.1. The Labute approximate surface area is 109 Å². The van der Waals surface area contributed by atoms with Crippen LogP contribution in [0.1, 0.15) is 23.2 Å². The molecule has 0 fully saturated rings. The third-order valence-corrected chi connectivity index (χ3v) is 2.75. The molecular weight excluding hydrogens is 318 g/mol. The van der Waals surface area contributed by atoms with Gasteiger partial charge in [0.25, 0.3) is 5.91 Å². The van der Waals surface area contributed by atoms with Gasteiger partial charge in [-0.1, -0.05) is 0 Å². The van der Waals surface area contributed by atoms with Crippen molar-refractivity contribution in [1.29, 1.82) is 0 Å². The van der Waals surface area contributed by atoms with Crippen molar-refractivity contribution < 1.29 is 22.4 Å². The van der Waals surface area contributed by atoms with Crippen molar-refractivity contribution in [1.82, 2.24) is 5.32 Å². The highest BCUT2D eigenvalue weighted by molar-refractivity contribution is 9.10. The lowest BCUT2D eigenvalue weighted by molar-refractivity contribution is -0.135. The molecule has 0 aliphatic rings. The fourth-order valence-electron chi connectivity index (χ4n) is 1.23. The molecule has 1 aromatic rings. The van der Waals surface area contributed by atoms with Gasteiger partial charge in [0, 0.05) is 18.5 Å². The van der Waals surface area contributed by atoms with Gasteiger partial charge in [0.05, 0.1) is 4.47 Å². The van der Waals surface area contributed by atoms with Crippen LogP contribution in [0.2, 0.25) is 0 Å². The summed E-state index contributed by atoms with van der Waals surface area (Å²) in [7, 11) is 0. The summed E-state index contributed by atoms with van der Waals surface area (Å²) in [6.45, 7) is -0.101. The zero-order chi connectivity index (χ0) is 13.8. The van der Waals surface area contributed by atoms with Gasteiger partial charge in [-0.3, -0.25) is 4.79 Å². The lowest BCUT2D eigenvalue weighted by Gasteiger charge is -2.07. The van der Waals surface area contributed by atoms with Gasteiger partial charge in [-0.05, 0) is 40.5 Å². The summed E-state index contributed by atoms with van der Waals surface area (Å²) in [6.07, 6.45) is -5.38. The highest BCUT2D eigenvalue weighted by Crippen LogP contribution is 2.20. The number of hydrogen-bond donors (Lipinski definition) is 1. The molecule has 0 spiro atoms. The van der Waals surface area contributed by atoms with Crippen LogP contribution in [-0.4, -0.2) is 18.6 Å². The first-order valence-electron chi connectivity index (χ1n) is 5.09. The van der Waals surface area contributed by atoms with Crippen molar-refractivity contribution in [2.75, 3.05) is 6.54 Å². The molecule has 7 heteroatoms. The third kappa shape index (κ3) is 5.03. The van der Waals surface area contributed by atoms with Crippen LogP contribution in [0.25, 0.3) is 0 Å². The Morgan fingerprint density at radius 3 is 2.56 bits per heavy atom. The molecule has 100 valence electrons. The van der Waals surface area contributed by atoms with Gasteiger partial charge in [0.1, 0.15) is 5.82 Å². The Hall–Kier alpha value is -1.11. The second-order valence-electron chi connectivity index (χ2n) is 3.60. The maximum Gasteiger partial charge on any atom is 0.389 e. The number of amides is 1. The van der Waals surface area contributed by atoms with Crippen molar-refractivity contribution >= 4 is 21.8 Å². The van der Waals surface area contributed by atoms with Crippen LogP contribution >= 0.6 is 15.9 Å². The molecule has 1 N–H and O–H groups in total. The van der Waals surface area contributed by atoms with Gasteiger partial charge in [-0.15, -0.1) is 0 Å². The highest BCUT2D eigenvalue weighted by atomic mass is 79.9. The predicted molar refractivity (Wildman–Crippen MR) is 61.7 cm³/mol. The molecule has 0 aliphatic carbocycles. The molecule has 0 aliphatic heterocycles. The van der Waals surface area contributed by atoms with E-state index in [4.69, 9.17) is 0 Å². The number of nitrogens with one attached hydrogen (secondary N) is 1. The molecule has 0 saturated heterocycles. The maximum atomic E-state index is 13.1. The van der Waals surface area contributed by atoms with Crippen LogP contribution in [0.15, 0.2) is 22.7 Å². The number of carbonyl (C=O) groups excluding carboxylic acids is 1. The Bertz CT molecular complexity index is 434. The topological polar surface area (TPSA) is 29.1 Å². The monoisotopic (exact) mass is 327 g/mol. The second kappa shape index (κ2) is 6.17. The molecule has 0 atom stereocenters. The molecule has 0 radical (unpaired) electrons. The fraction of sp³-hybridized carbons (Fsp3) is 0.364. The molecule has 0 heterocycles. The van der Waals surface area contributed by atoms with Crippen LogP contribution in [0.3, 0.4) is 0 Å². The van der Waals surface area contributed by atoms with Gasteiger partial charge in [0.15, 0.2) is 0 Å². The minimum absolute atomic E-state index is 0.0720. The van der Waals surface area contributed by atoms with Gasteiger partial charge < -0.3 is 5.32 Å². The van der Waals surface area contributed by atoms with E-state index >= 15 is 0 Å². The molecular formula is C11H10BrF4NO. The Morgan fingerprint density at radius 2 is 2.00 bits per heavy atom. The standard InChI is InChI=1S/C11H10BrF4NO/c12-8-3-2-7(6-9(8)13)10(18)17-5-1-4-11(14,15)16/h2-3,6H,1,4-5H2,(H,17,18). The Balaban J connectivity index is 2.43. The minimum Gasteiger partial charge on any atom is -0.352 e. The molecule has 0 bridgehead atoms. The lowest BCUT2D eigenvalue weighted by Crippen LogP contribution is -2.25. The van der Waals surface area contributed by atoms with Crippen molar-refractivity contribution in [3.63, 3.8) is 0 Å². The van der Waals surface area contributed by atoms with Crippen molar-refractivity contribution in [2.45, 2.75) is 19.0 Å². The van der Waals surface area contributed by atoms with Gasteiger partial charge in [-0.25, -0.2) is 4.39 Å². The van der Waals surface area contributed by atoms with Crippen LogP contribution < -0.4 is 5.32 Å². The summed E-state index contributed by atoms with van der Waals surface area (Å²) in [5, 5.41) is 2.30. The van der Waals surface area contributed by atoms with Crippen LogP contribution in [0, 0.1) is 5.82 Å². The number of hydrogen-bond acceptors (Lipinski definition) is 1. The largest absolute Gasteiger partial charge is 0.389 e. The first-order chi connectivity index (χ1) is 8.29. The van der Waals surface area contributed by atoms with Gasteiger partial charge in [0.2, 0.25) is 0 Å². The van der Waals surface area contributed by atoms with Gasteiger partial charge >= 0.3 is 6.18 Å². The first kappa shape index (κ1) is 14.9. The van der Waals surface area contributed by atoms with E-state index in [9.17, 15) is 22.4 Å². The van der Waals surface area contributed by atoms with Crippen molar-refractivity contribution in [2.24, 2.45) is 0 Å². The first-order valence-corrected chi connectivity index (χ1v) is 5.89. The average Bonchev–Trinajstić information content (AvgIpc) is 2.26. The summed E-state index contributed by atoms with van der Waals surface area (Å²) >= 11 is 2.93. The van der Waals surface area contributed by atoms with E-state index in [0.29, 0.717) is 0 Å². The normalized spacial score (nSPS) is 11.4. The van der Waals surface area contributed by atoms with Crippen LogP contribution in [0.4, 0.5) is 17.6 Å². The number of rotatable bonds is 4. The second-order valence-corrected chi connectivity index (χ2v) is 4.46. The van der Waals surface area contributed by atoms with E-state index in [2.05, 4.69) is 21.2 Å². The van der Waals surface area contributed by atoms with Gasteiger partial charge in [-0.2, -0.15) is 13.2 Å². The smallest absolute Gasteiger partial charge is 0.352 e. The number of alkyl halides is 3. The Kier molecular flexibility index (Phi) is 5.13. The third-order valence-electron chi connectivity index (χ3n) is 2.10. The number of carbonyl (C=O) groups is 1. The van der Waals surface area contributed by atoms with Crippen LogP contribution in [-0.2, 0) is 0 Å². The highest BCUT2D eigenvalue weighted by Gasteiger charge is 2.26. The van der Waals surface area contributed by atoms with E-state index < -0.39 is 24.3 Å². The number of halogens is 5. The summed E-state index contributed by atoms with van der Waals surface area (Å²) < 4.78 is 48.8. The number of benzene rings is 1. The summed E-state index contributed by atoms with van der Waals surface area (Å²) in [6, 6.07) is 3.76. The van der Waals surface area contributed by atoms with E-state index in [0.717, 1.165) is 6.07 Å². The summed E-state index contributed by atoms with van der Waals surface area (Å²) in [5.41, 5.74) is 0.0720. The predicted octanol–water partition coefficient (Wildman–Crippen LogP) is 3.66. The summed E-state index contributed by atoms with van der Waals surface area (Å²) in [4.78, 5) is 11.5. The average molecular weight is 328 g/mol. The zero-order valence-electron chi connectivity index (χ0n) is 9.15. The fourth-order valence-corrected chi connectivity index (χ4v) is 1.48. The molecule has 18 heavy (non-hydrogen) atoms. The molecule has 1 amide bonds. The van der Waals surface area contributed by atoms with Crippen molar-refractivity contribution in [3.05, 3.63) is 34.1 Å². The molecule has 0 saturated carbocycles. The van der Waals surface area contributed by atoms with E-state index in [-0.39, 0.29) is 23.0 Å². The van der Waals surface area contributed by atoms with E-state index in [1.54, 1.807) is 0 Å². The van der Waals surface area contributed by atoms with E-state index in [1.807, 2.05) is 0 Å². The zero-order valence-corrected chi connectivity index (χ0v) is 10.7. The summed E-state index contributed by atoms with van der Waals surface area (Å²) in [5.74, 6) is -1.19. The van der Waals surface area contributed by atoms with Crippen molar-refractivity contribution in [3.8, 4) is 0 Å². The molecule has 1 aromatic carbocycles. The van der Waals surface area contributed by atoms with Crippen LogP contribution in [0.5, 0.6) is 0 Å². The molecule has 1 rings (SSSR count). The quantitative estimate of drug-likeness (QED) is 0.663. The lowest BCUT2D eigenvalue weighted by atomic mass is 10.2. The molecule has 2 nitrogen and oxygen atoms in total.